The summed E-state index contributed by atoms with van der Waals surface area (Å²) in [6.07, 6.45) is 2.72. The molecule has 0 atom stereocenters. The highest BCUT2D eigenvalue weighted by Gasteiger charge is 2.37. The van der Waals surface area contributed by atoms with Gasteiger partial charge in [0, 0.05) is 26.2 Å². The van der Waals surface area contributed by atoms with Crippen LogP contribution in [-0.2, 0) is 22.9 Å². The molecule has 122 valence electrons. The van der Waals surface area contributed by atoms with Crippen LogP contribution >= 0.6 is 0 Å². The zero-order valence-corrected chi connectivity index (χ0v) is 13.5. The third-order valence-corrected chi connectivity index (χ3v) is 7.00. The molecule has 1 aliphatic carbocycles. The Hall–Kier alpha value is -1.93. The van der Waals surface area contributed by atoms with Crippen molar-refractivity contribution in [1.82, 2.24) is 19.5 Å². The molecule has 1 N–H and O–H groups in total. The number of aromatic nitrogens is 3. The number of nitrogens with zero attached hydrogens (tertiary/aromatic N) is 4. The summed E-state index contributed by atoms with van der Waals surface area (Å²) in [5.74, 6) is 0.704. The summed E-state index contributed by atoms with van der Waals surface area (Å²) in [5.41, 5.74) is 2.34. The lowest BCUT2D eigenvalue weighted by Crippen LogP contribution is -2.51. The second-order valence-electron chi connectivity index (χ2n) is 6.04. The minimum Gasteiger partial charge on any atom is -0.339 e. The lowest BCUT2D eigenvalue weighted by molar-refractivity contribution is 0.377. The molecule has 8 heteroatoms. The minimum atomic E-state index is -3.26. The highest BCUT2D eigenvalue weighted by atomic mass is 32.2. The normalized spacial score (nSPS) is 19.9. The smallest absolute Gasteiger partial charge is 0.221 e. The van der Waals surface area contributed by atoms with E-state index >= 15 is 0 Å². The van der Waals surface area contributed by atoms with Gasteiger partial charge < -0.3 is 4.90 Å². The molecule has 1 saturated heterocycles. The van der Waals surface area contributed by atoms with E-state index in [0.29, 0.717) is 45.0 Å². The van der Waals surface area contributed by atoms with E-state index in [9.17, 15) is 8.42 Å². The van der Waals surface area contributed by atoms with Gasteiger partial charge in [-0.2, -0.15) is 14.4 Å². The van der Waals surface area contributed by atoms with Gasteiger partial charge >= 0.3 is 0 Å². The fraction of sp³-hybridized carbons (Fsp3) is 0.467. The van der Waals surface area contributed by atoms with E-state index in [1.165, 1.54) is 17.5 Å². The SMILES string of the molecule is O=S(=O)(C1Cc2ccccc2C1)N1CCN(c2ncn[nH]2)CC1. The van der Waals surface area contributed by atoms with Gasteiger partial charge in [0.15, 0.2) is 0 Å². The number of nitrogens with one attached hydrogen (secondary N) is 1. The van der Waals surface area contributed by atoms with Crippen molar-refractivity contribution >= 4 is 16.0 Å². The predicted octanol–water partition coefficient (Wildman–Crippen LogP) is 0.424. The average Bonchev–Trinajstić information content (AvgIpc) is 3.24. The summed E-state index contributed by atoms with van der Waals surface area (Å²) in [7, 11) is -3.26. The lowest BCUT2D eigenvalue weighted by atomic mass is 10.1. The molecule has 1 fully saturated rings. The summed E-state index contributed by atoms with van der Waals surface area (Å²) in [4.78, 5) is 6.15. The van der Waals surface area contributed by atoms with Crippen LogP contribution in [0, 0.1) is 0 Å². The van der Waals surface area contributed by atoms with Gasteiger partial charge in [0.25, 0.3) is 0 Å². The number of benzene rings is 1. The molecule has 0 radical (unpaired) electrons. The number of piperazine rings is 1. The van der Waals surface area contributed by atoms with Crippen molar-refractivity contribution in [2.24, 2.45) is 0 Å². The minimum absolute atomic E-state index is 0.322. The molecule has 0 unspecified atom stereocenters. The molecule has 1 aromatic carbocycles. The fourth-order valence-electron chi connectivity index (χ4n) is 3.45. The van der Waals surface area contributed by atoms with Crippen LogP contribution in [0.25, 0.3) is 0 Å². The van der Waals surface area contributed by atoms with Gasteiger partial charge in [0.05, 0.1) is 5.25 Å². The number of fused-ring (bicyclic) bond motifs is 1. The number of hydrogen-bond donors (Lipinski definition) is 1. The Bertz CT molecular complexity index is 757. The number of rotatable bonds is 3. The number of anilines is 1. The van der Waals surface area contributed by atoms with Gasteiger partial charge in [-0.1, -0.05) is 24.3 Å². The van der Waals surface area contributed by atoms with Gasteiger partial charge in [0.1, 0.15) is 6.33 Å². The summed E-state index contributed by atoms with van der Waals surface area (Å²) < 4.78 is 27.5. The largest absolute Gasteiger partial charge is 0.339 e. The van der Waals surface area contributed by atoms with E-state index in [1.54, 1.807) is 4.31 Å². The van der Waals surface area contributed by atoms with Crippen molar-refractivity contribution in [2.75, 3.05) is 31.1 Å². The van der Waals surface area contributed by atoms with Crippen LogP contribution in [0.3, 0.4) is 0 Å². The molecular formula is C15H19N5O2S. The Morgan fingerprint density at radius 2 is 1.70 bits per heavy atom. The number of hydrogen-bond acceptors (Lipinski definition) is 5. The Balaban J connectivity index is 1.45. The molecule has 1 aliphatic heterocycles. The third-order valence-electron chi connectivity index (χ3n) is 4.74. The Morgan fingerprint density at radius 3 is 2.26 bits per heavy atom. The average molecular weight is 333 g/mol. The Morgan fingerprint density at radius 1 is 1.04 bits per heavy atom. The third kappa shape index (κ3) is 2.61. The van der Waals surface area contributed by atoms with Crippen LogP contribution in [0.5, 0.6) is 0 Å². The molecule has 2 aliphatic rings. The van der Waals surface area contributed by atoms with E-state index in [-0.39, 0.29) is 5.25 Å². The highest BCUT2D eigenvalue weighted by molar-refractivity contribution is 7.89. The fourth-order valence-corrected chi connectivity index (χ4v) is 5.32. The van der Waals surface area contributed by atoms with Gasteiger partial charge in [-0.3, -0.25) is 0 Å². The Kier molecular flexibility index (Phi) is 3.57. The van der Waals surface area contributed by atoms with Crippen molar-refractivity contribution in [1.29, 1.82) is 0 Å². The molecule has 4 rings (SSSR count). The van der Waals surface area contributed by atoms with Gasteiger partial charge in [-0.25, -0.2) is 13.5 Å². The van der Waals surface area contributed by atoms with E-state index in [4.69, 9.17) is 0 Å². The maximum atomic E-state index is 12.9. The monoisotopic (exact) mass is 333 g/mol. The molecule has 2 aromatic rings. The molecular weight excluding hydrogens is 314 g/mol. The summed E-state index contributed by atoms with van der Waals surface area (Å²) >= 11 is 0. The van der Waals surface area contributed by atoms with Gasteiger partial charge in [-0.15, -0.1) is 0 Å². The topological polar surface area (TPSA) is 82.2 Å². The second-order valence-corrected chi connectivity index (χ2v) is 8.25. The van der Waals surface area contributed by atoms with Crippen LogP contribution < -0.4 is 4.90 Å². The van der Waals surface area contributed by atoms with Crippen molar-refractivity contribution in [2.45, 2.75) is 18.1 Å². The molecule has 2 heterocycles. The summed E-state index contributed by atoms with van der Waals surface area (Å²) in [6, 6.07) is 8.02. The van der Waals surface area contributed by atoms with Crippen LogP contribution in [0.4, 0.5) is 5.95 Å². The molecule has 0 bridgehead atoms. The zero-order chi connectivity index (χ0) is 15.9. The predicted molar refractivity (Wildman–Crippen MR) is 86.7 cm³/mol. The van der Waals surface area contributed by atoms with Crippen molar-refractivity contribution in [3.8, 4) is 0 Å². The second kappa shape index (κ2) is 5.61. The van der Waals surface area contributed by atoms with E-state index < -0.39 is 10.0 Å². The maximum absolute atomic E-state index is 12.9. The standard InChI is InChI=1S/C15H19N5O2S/c21-23(22,14-9-12-3-1-2-4-13(12)10-14)20-7-5-19(6-8-20)15-16-11-17-18-15/h1-4,11,14H,5-10H2,(H,16,17,18). The zero-order valence-electron chi connectivity index (χ0n) is 12.7. The first-order valence-corrected chi connectivity index (χ1v) is 9.31. The van der Waals surface area contributed by atoms with Crippen LogP contribution in [-0.4, -0.2) is 59.3 Å². The van der Waals surface area contributed by atoms with Crippen molar-refractivity contribution < 1.29 is 8.42 Å². The maximum Gasteiger partial charge on any atom is 0.221 e. The number of sulfonamides is 1. The first kappa shape index (κ1) is 14.6. The first-order valence-electron chi connectivity index (χ1n) is 7.80. The quantitative estimate of drug-likeness (QED) is 0.880. The van der Waals surface area contributed by atoms with Crippen molar-refractivity contribution in [3.63, 3.8) is 0 Å². The number of aromatic amines is 1. The first-order chi connectivity index (χ1) is 11.1. The lowest BCUT2D eigenvalue weighted by Gasteiger charge is -2.34. The molecule has 1 aromatic heterocycles. The van der Waals surface area contributed by atoms with Crippen LogP contribution in [0.15, 0.2) is 30.6 Å². The Labute approximate surface area is 135 Å². The van der Waals surface area contributed by atoms with Crippen LogP contribution in [0.2, 0.25) is 0 Å². The van der Waals surface area contributed by atoms with E-state index in [2.05, 4.69) is 15.2 Å². The van der Waals surface area contributed by atoms with E-state index in [1.807, 2.05) is 29.2 Å². The molecule has 23 heavy (non-hydrogen) atoms. The summed E-state index contributed by atoms with van der Waals surface area (Å²) in [6.45, 7) is 2.26. The van der Waals surface area contributed by atoms with Crippen LogP contribution in [0.1, 0.15) is 11.1 Å². The van der Waals surface area contributed by atoms with Gasteiger partial charge in [-0.05, 0) is 24.0 Å². The van der Waals surface area contributed by atoms with E-state index in [0.717, 1.165) is 0 Å². The molecule has 0 spiro atoms. The molecule has 7 nitrogen and oxygen atoms in total. The van der Waals surface area contributed by atoms with Gasteiger partial charge in [0.2, 0.25) is 16.0 Å². The number of H-pyrrole nitrogens is 1. The molecule has 0 saturated carbocycles. The summed E-state index contributed by atoms with van der Waals surface area (Å²) in [5, 5.41) is 6.34. The molecule has 0 amide bonds. The van der Waals surface area contributed by atoms with Crippen molar-refractivity contribution in [3.05, 3.63) is 41.7 Å². The highest BCUT2D eigenvalue weighted by Crippen LogP contribution is 2.28.